The number of hydrogen-bond donors (Lipinski definition) is 2. The van der Waals surface area contributed by atoms with Crippen LogP contribution in [0.25, 0.3) is 0 Å². The van der Waals surface area contributed by atoms with E-state index in [-0.39, 0.29) is 16.9 Å². The molecule has 15 heavy (non-hydrogen) atoms. The van der Waals surface area contributed by atoms with Crippen LogP contribution in [0.4, 0.5) is 0 Å². The van der Waals surface area contributed by atoms with Crippen molar-refractivity contribution in [2.75, 3.05) is 18.6 Å². The van der Waals surface area contributed by atoms with E-state index in [9.17, 15) is 5.11 Å². The van der Waals surface area contributed by atoms with Gasteiger partial charge in [-0.3, -0.25) is 0 Å². The maximum absolute atomic E-state index is 10.5. The van der Waals surface area contributed by atoms with Crippen molar-refractivity contribution in [3.05, 3.63) is 0 Å². The first kappa shape index (κ1) is 13.3. The standard InChI is InChI=1S/C12H25NOS/c1-11(2)5-4-6-12(9-13,10(11)14)7-8-15-3/h10,14H,4-9,13H2,1-3H3. The highest BCUT2D eigenvalue weighted by Gasteiger charge is 2.47. The van der Waals surface area contributed by atoms with Gasteiger partial charge >= 0.3 is 0 Å². The Labute approximate surface area is 98.0 Å². The van der Waals surface area contributed by atoms with Gasteiger partial charge in [-0.1, -0.05) is 20.3 Å². The van der Waals surface area contributed by atoms with Crippen LogP contribution in [-0.4, -0.2) is 29.8 Å². The second-order valence-corrected chi connectivity index (χ2v) is 6.54. The predicted molar refractivity (Wildman–Crippen MR) is 68.1 cm³/mol. The van der Waals surface area contributed by atoms with E-state index in [1.807, 2.05) is 11.8 Å². The van der Waals surface area contributed by atoms with Crippen molar-refractivity contribution in [3.8, 4) is 0 Å². The molecular weight excluding hydrogens is 206 g/mol. The van der Waals surface area contributed by atoms with Gasteiger partial charge in [-0.25, -0.2) is 0 Å². The molecule has 2 atom stereocenters. The van der Waals surface area contributed by atoms with Crippen molar-refractivity contribution < 1.29 is 5.11 Å². The number of thioether (sulfide) groups is 1. The van der Waals surface area contributed by atoms with E-state index in [4.69, 9.17) is 5.73 Å². The summed E-state index contributed by atoms with van der Waals surface area (Å²) in [6.07, 6.45) is 6.34. The molecule has 1 aliphatic carbocycles. The van der Waals surface area contributed by atoms with Gasteiger partial charge in [0.25, 0.3) is 0 Å². The Hall–Kier alpha value is 0.270. The van der Waals surface area contributed by atoms with Crippen LogP contribution in [-0.2, 0) is 0 Å². The molecule has 0 aromatic heterocycles. The second-order valence-electron chi connectivity index (χ2n) is 5.55. The van der Waals surface area contributed by atoms with Crippen LogP contribution in [0, 0.1) is 10.8 Å². The van der Waals surface area contributed by atoms with Gasteiger partial charge in [-0.2, -0.15) is 11.8 Å². The highest BCUT2D eigenvalue weighted by Crippen LogP contribution is 2.48. The summed E-state index contributed by atoms with van der Waals surface area (Å²) in [6, 6.07) is 0. The Kier molecular flexibility index (Phi) is 4.50. The van der Waals surface area contributed by atoms with Gasteiger partial charge in [0.1, 0.15) is 0 Å². The summed E-state index contributed by atoms with van der Waals surface area (Å²) >= 11 is 1.84. The Morgan fingerprint density at radius 1 is 1.40 bits per heavy atom. The van der Waals surface area contributed by atoms with Crippen LogP contribution in [0.3, 0.4) is 0 Å². The first-order valence-corrected chi connectivity index (χ1v) is 7.25. The van der Waals surface area contributed by atoms with E-state index in [1.165, 1.54) is 6.42 Å². The third kappa shape index (κ3) is 2.69. The minimum Gasteiger partial charge on any atom is -0.392 e. The summed E-state index contributed by atoms with van der Waals surface area (Å²) in [7, 11) is 0. The fraction of sp³-hybridized carbons (Fsp3) is 1.00. The van der Waals surface area contributed by atoms with Crippen molar-refractivity contribution in [1.82, 2.24) is 0 Å². The molecule has 0 bridgehead atoms. The average Bonchev–Trinajstić information content (AvgIpc) is 2.21. The lowest BCUT2D eigenvalue weighted by Crippen LogP contribution is -2.52. The molecule has 0 radical (unpaired) electrons. The summed E-state index contributed by atoms with van der Waals surface area (Å²) in [5.41, 5.74) is 5.94. The molecule has 1 aliphatic rings. The molecule has 0 heterocycles. The molecule has 0 aromatic carbocycles. The van der Waals surface area contributed by atoms with Gasteiger partial charge < -0.3 is 10.8 Å². The molecule has 0 aliphatic heterocycles. The Morgan fingerprint density at radius 2 is 2.07 bits per heavy atom. The fourth-order valence-electron chi connectivity index (χ4n) is 2.88. The van der Waals surface area contributed by atoms with Crippen LogP contribution >= 0.6 is 11.8 Å². The Morgan fingerprint density at radius 3 is 2.60 bits per heavy atom. The van der Waals surface area contributed by atoms with Crippen molar-refractivity contribution in [1.29, 1.82) is 0 Å². The highest BCUT2D eigenvalue weighted by molar-refractivity contribution is 7.98. The van der Waals surface area contributed by atoms with Crippen molar-refractivity contribution in [3.63, 3.8) is 0 Å². The zero-order valence-electron chi connectivity index (χ0n) is 10.3. The van der Waals surface area contributed by atoms with E-state index in [0.29, 0.717) is 6.54 Å². The quantitative estimate of drug-likeness (QED) is 0.780. The average molecular weight is 231 g/mol. The zero-order chi connectivity index (χ0) is 11.5. The summed E-state index contributed by atoms with van der Waals surface area (Å²) in [5.74, 6) is 1.10. The number of aliphatic hydroxyl groups excluding tert-OH is 1. The van der Waals surface area contributed by atoms with Gasteiger partial charge in [0.2, 0.25) is 0 Å². The van der Waals surface area contributed by atoms with Crippen LogP contribution in [0.15, 0.2) is 0 Å². The minimum absolute atomic E-state index is 0.0231. The predicted octanol–water partition coefficient (Wildman–Crippen LogP) is 2.26. The molecule has 1 saturated carbocycles. The molecule has 0 amide bonds. The molecule has 3 N–H and O–H groups in total. The fourth-order valence-corrected chi connectivity index (χ4v) is 3.49. The SMILES string of the molecule is CSCCC1(CN)CCCC(C)(C)C1O. The zero-order valence-corrected chi connectivity index (χ0v) is 11.1. The second kappa shape index (κ2) is 5.07. The Bertz CT molecular complexity index is 208. The van der Waals surface area contributed by atoms with Crippen molar-refractivity contribution in [2.24, 2.45) is 16.6 Å². The largest absolute Gasteiger partial charge is 0.392 e. The number of nitrogens with two attached hydrogens (primary N) is 1. The van der Waals surface area contributed by atoms with Gasteiger partial charge in [0, 0.05) is 12.0 Å². The van der Waals surface area contributed by atoms with Crippen LogP contribution in [0.1, 0.15) is 39.5 Å². The van der Waals surface area contributed by atoms with Gasteiger partial charge in [0.15, 0.2) is 0 Å². The number of aliphatic hydroxyl groups is 1. The maximum atomic E-state index is 10.5. The van der Waals surface area contributed by atoms with E-state index in [0.717, 1.165) is 25.0 Å². The van der Waals surface area contributed by atoms with Gasteiger partial charge in [0.05, 0.1) is 6.10 Å². The molecule has 90 valence electrons. The molecule has 1 rings (SSSR count). The molecule has 3 heteroatoms. The van der Waals surface area contributed by atoms with E-state index >= 15 is 0 Å². The van der Waals surface area contributed by atoms with Crippen molar-refractivity contribution in [2.45, 2.75) is 45.6 Å². The summed E-state index contributed by atoms with van der Waals surface area (Å²) in [5, 5.41) is 10.5. The summed E-state index contributed by atoms with van der Waals surface area (Å²) in [4.78, 5) is 0. The van der Waals surface area contributed by atoms with E-state index < -0.39 is 0 Å². The third-order valence-electron chi connectivity index (χ3n) is 4.03. The normalized spacial score (nSPS) is 35.4. The first-order valence-electron chi connectivity index (χ1n) is 5.85. The lowest BCUT2D eigenvalue weighted by atomic mass is 9.60. The number of hydrogen-bond acceptors (Lipinski definition) is 3. The van der Waals surface area contributed by atoms with Crippen LogP contribution in [0.2, 0.25) is 0 Å². The molecule has 2 unspecified atom stereocenters. The highest BCUT2D eigenvalue weighted by atomic mass is 32.2. The maximum Gasteiger partial charge on any atom is 0.0659 e. The molecular formula is C12H25NOS. The third-order valence-corrected chi connectivity index (χ3v) is 4.64. The first-order chi connectivity index (χ1) is 6.98. The lowest BCUT2D eigenvalue weighted by molar-refractivity contribution is -0.0898. The smallest absolute Gasteiger partial charge is 0.0659 e. The Balaban J connectivity index is 2.77. The summed E-state index contributed by atoms with van der Waals surface area (Å²) < 4.78 is 0. The topological polar surface area (TPSA) is 46.2 Å². The lowest BCUT2D eigenvalue weighted by Gasteiger charge is -2.49. The molecule has 0 spiro atoms. The van der Waals surface area contributed by atoms with Gasteiger partial charge in [-0.15, -0.1) is 0 Å². The molecule has 1 fully saturated rings. The minimum atomic E-state index is -0.240. The van der Waals surface area contributed by atoms with Crippen LogP contribution < -0.4 is 5.73 Å². The van der Waals surface area contributed by atoms with Crippen LogP contribution in [0.5, 0.6) is 0 Å². The number of rotatable bonds is 4. The molecule has 2 nitrogen and oxygen atoms in total. The summed E-state index contributed by atoms with van der Waals surface area (Å²) in [6.45, 7) is 4.96. The van der Waals surface area contributed by atoms with Gasteiger partial charge in [-0.05, 0) is 36.7 Å². The molecule has 0 aromatic rings. The molecule has 0 saturated heterocycles. The van der Waals surface area contributed by atoms with Crippen molar-refractivity contribution >= 4 is 11.8 Å². The van der Waals surface area contributed by atoms with E-state index in [2.05, 4.69) is 20.1 Å². The van der Waals surface area contributed by atoms with E-state index in [1.54, 1.807) is 0 Å². The monoisotopic (exact) mass is 231 g/mol.